The number of carbonyl (C=O) groups excluding carboxylic acids is 1. The SMILES string of the molecule is O=C1NC(=Nc2ccc(Br)cc2)S/C1=C\c1ccc(OS(=O)(=O)c2cccc([N+](=O)[O-])c2)cc1. The number of hydrogen-bond donors (Lipinski definition) is 1. The molecule has 9 nitrogen and oxygen atoms in total. The molecule has 0 aliphatic carbocycles. The van der Waals surface area contributed by atoms with Gasteiger partial charge in [-0.05, 0) is 65.9 Å². The third kappa shape index (κ3) is 5.71. The molecule has 0 atom stereocenters. The third-order valence-corrected chi connectivity index (χ3v) is 7.09. The molecule has 1 N–H and O–H groups in total. The molecule has 1 amide bonds. The maximum atomic E-state index is 12.5. The number of amidine groups is 1. The Hall–Kier alpha value is -3.48. The summed E-state index contributed by atoms with van der Waals surface area (Å²) >= 11 is 4.54. The molecule has 0 saturated carbocycles. The van der Waals surface area contributed by atoms with Gasteiger partial charge in [0.1, 0.15) is 10.6 Å². The van der Waals surface area contributed by atoms with Gasteiger partial charge in [-0.15, -0.1) is 0 Å². The largest absolute Gasteiger partial charge is 0.379 e. The highest BCUT2D eigenvalue weighted by atomic mass is 79.9. The van der Waals surface area contributed by atoms with Crippen LogP contribution in [0.3, 0.4) is 0 Å². The number of hydrogen-bond acceptors (Lipinski definition) is 8. The van der Waals surface area contributed by atoms with Crippen molar-refractivity contribution >= 4 is 66.3 Å². The zero-order valence-corrected chi connectivity index (χ0v) is 20.3. The number of nitrogens with one attached hydrogen (secondary N) is 1. The zero-order valence-electron chi connectivity index (χ0n) is 17.0. The Balaban J connectivity index is 1.47. The minimum Gasteiger partial charge on any atom is -0.379 e. The molecule has 0 radical (unpaired) electrons. The molecule has 1 aliphatic heterocycles. The lowest BCUT2D eigenvalue weighted by molar-refractivity contribution is -0.385. The molecule has 34 heavy (non-hydrogen) atoms. The van der Waals surface area contributed by atoms with Crippen LogP contribution in [0, 0.1) is 10.1 Å². The molecular formula is C22H14BrN3O6S2. The fourth-order valence-electron chi connectivity index (χ4n) is 2.81. The van der Waals surface area contributed by atoms with E-state index in [-0.39, 0.29) is 22.2 Å². The van der Waals surface area contributed by atoms with E-state index in [1.54, 1.807) is 18.2 Å². The van der Waals surface area contributed by atoms with E-state index in [2.05, 4.69) is 26.2 Å². The van der Waals surface area contributed by atoms with Gasteiger partial charge in [-0.25, -0.2) is 4.99 Å². The molecule has 1 aliphatic rings. The molecule has 4 rings (SSSR count). The molecule has 0 spiro atoms. The number of aliphatic imine (C=N–C) groups is 1. The molecule has 0 bridgehead atoms. The summed E-state index contributed by atoms with van der Waals surface area (Å²) < 4.78 is 30.9. The van der Waals surface area contributed by atoms with Crippen molar-refractivity contribution in [2.24, 2.45) is 4.99 Å². The first-order chi connectivity index (χ1) is 16.2. The summed E-state index contributed by atoms with van der Waals surface area (Å²) in [6.45, 7) is 0. The Morgan fingerprint density at radius 1 is 1.06 bits per heavy atom. The monoisotopic (exact) mass is 559 g/mol. The minimum atomic E-state index is -4.26. The van der Waals surface area contributed by atoms with Gasteiger partial charge in [-0.2, -0.15) is 8.42 Å². The third-order valence-electron chi connectivity index (χ3n) is 4.41. The molecule has 3 aromatic rings. The van der Waals surface area contributed by atoms with Gasteiger partial charge in [-0.3, -0.25) is 14.9 Å². The van der Waals surface area contributed by atoms with Crippen LogP contribution in [0.1, 0.15) is 5.56 Å². The van der Waals surface area contributed by atoms with Crippen molar-refractivity contribution in [3.8, 4) is 5.75 Å². The number of halogens is 1. The Bertz CT molecular complexity index is 1440. The fraction of sp³-hybridized carbons (Fsp3) is 0. The molecule has 12 heteroatoms. The first-order valence-corrected chi connectivity index (χ1v) is 12.6. The number of nitrogens with zero attached hydrogens (tertiary/aromatic N) is 2. The average molecular weight is 560 g/mol. The van der Waals surface area contributed by atoms with Crippen LogP contribution in [0.4, 0.5) is 11.4 Å². The number of carbonyl (C=O) groups is 1. The quantitative estimate of drug-likeness (QED) is 0.194. The van der Waals surface area contributed by atoms with E-state index in [9.17, 15) is 23.3 Å². The van der Waals surface area contributed by atoms with Crippen LogP contribution in [-0.4, -0.2) is 24.4 Å². The van der Waals surface area contributed by atoms with Crippen molar-refractivity contribution < 1.29 is 22.3 Å². The average Bonchev–Trinajstić information content (AvgIpc) is 3.15. The standard InChI is InChI=1S/C22H14BrN3O6S2/c23-15-6-8-16(9-7-15)24-22-25-21(27)20(33-22)12-14-4-10-18(11-5-14)32-34(30,31)19-3-1-2-17(13-19)26(28)29/h1-13H,(H,24,25,27)/b20-12-. The highest BCUT2D eigenvalue weighted by molar-refractivity contribution is 9.10. The Labute approximate surface area is 207 Å². The van der Waals surface area contributed by atoms with Crippen LogP contribution >= 0.6 is 27.7 Å². The molecule has 1 saturated heterocycles. The Morgan fingerprint density at radius 2 is 1.76 bits per heavy atom. The summed E-state index contributed by atoms with van der Waals surface area (Å²) in [5.41, 5.74) is 0.975. The van der Waals surface area contributed by atoms with Crippen molar-refractivity contribution in [2.75, 3.05) is 0 Å². The van der Waals surface area contributed by atoms with E-state index in [1.807, 2.05) is 24.3 Å². The van der Waals surface area contributed by atoms with Crippen LogP contribution in [0.2, 0.25) is 0 Å². The second-order valence-electron chi connectivity index (χ2n) is 6.82. The second-order valence-corrected chi connectivity index (χ2v) is 10.3. The van der Waals surface area contributed by atoms with Crippen LogP contribution in [0.15, 0.2) is 92.1 Å². The lowest BCUT2D eigenvalue weighted by atomic mass is 10.2. The van der Waals surface area contributed by atoms with Crippen molar-refractivity contribution in [1.82, 2.24) is 5.32 Å². The normalized spacial score (nSPS) is 16.0. The van der Waals surface area contributed by atoms with Gasteiger partial charge in [0, 0.05) is 16.6 Å². The van der Waals surface area contributed by atoms with Crippen LogP contribution < -0.4 is 9.50 Å². The number of non-ortho nitro benzene ring substituents is 1. The highest BCUT2D eigenvalue weighted by Gasteiger charge is 2.24. The topological polar surface area (TPSA) is 128 Å². The number of amides is 1. The number of nitro groups is 1. The van der Waals surface area contributed by atoms with Crippen molar-refractivity contribution in [2.45, 2.75) is 4.90 Å². The number of thioether (sulfide) groups is 1. The summed E-state index contributed by atoms with van der Waals surface area (Å²) in [4.78, 5) is 27.0. The Kier molecular flexibility index (Phi) is 6.82. The maximum Gasteiger partial charge on any atom is 0.339 e. The summed E-state index contributed by atoms with van der Waals surface area (Å²) in [6.07, 6.45) is 1.64. The molecule has 0 aromatic heterocycles. The van der Waals surface area contributed by atoms with Crippen molar-refractivity contribution in [3.05, 3.63) is 97.9 Å². The Morgan fingerprint density at radius 3 is 2.44 bits per heavy atom. The van der Waals surface area contributed by atoms with Crippen molar-refractivity contribution in [1.29, 1.82) is 0 Å². The number of rotatable bonds is 6. The van der Waals surface area contributed by atoms with Gasteiger partial charge in [0.2, 0.25) is 0 Å². The van der Waals surface area contributed by atoms with Crippen LogP contribution in [-0.2, 0) is 14.9 Å². The maximum absolute atomic E-state index is 12.5. The van der Waals surface area contributed by atoms with Gasteiger partial charge in [-0.1, -0.05) is 34.1 Å². The first-order valence-electron chi connectivity index (χ1n) is 9.54. The lowest BCUT2D eigenvalue weighted by Crippen LogP contribution is -2.19. The van der Waals surface area contributed by atoms with E-state index < -0.39 is 15.0 Å². The van der Waals surface area contributed by atoms with Gasteiger partial charge in [0.05, 0.1) is 15.5 Å². The van der Waals surface area contributed by atoms with E-state index in [4.69, 9.17) is 4.18 Å². The summed E-state index contributed by atoms with van der Waals surface area (Å²) in [5.74, 6) is -0.274. The van der Waals surface area contributed by atoms with Gasteiger partial charge >= 0.3 is 10.1 Å². The van der Waals surface area contributed by atoms with Gasteiger partial charge in [0.25, 0.3) is 11.6 Å². The summed E-state index contributed by atoms with van der Waals surface area (Å²) in [7, 11) is -4.26. The predicted molar refractivity (Wildman–Crippen MR) is 132 cm³/mol. The van der Waals surface area contributed by atoms with Gasteiger partial charge in [0.15, 0.2) is 5.17 Å². The fourth-order valence-corrected chi connectivity index (χ4v) is 4.89. The number of nitro benzene ring substituents is 1. The zero-order chi connectivity index (χ0) is 24.3. The van der Waals surface area contributed by atoms with E-state index in [0.29, 0.717) is 21.3 Å². The molecule has 172 valence electrons. The van der Waals surface area contributed by atoms with E-state index in [0.717, 1.165) is 10.5 Å². The molecule has 3 aromatic carbocycles. The summed E-state index contributed by atoms with van der Waals surface area (Å²) in [6, 6.07) is 17.9. The van der Waals surface area contributed by atoms with Crippen molar-refractivity contribution in [3.63, 3.8) is 0 Å². The lowest BCUT2D eigenvalue weighted by Gasteiger charge is -2.07. The van der Waals surface area contributed by atoms with E-state index >= 15 is 0 Å². The molecule has 1 heterocycles. The number of benzene rings is 3. The van der Waals surface area contributed by atoms with Gasteiger partial charge < -0.3 is 9.50 Å². The van der Waals surface area contributed by atoms with Crippen LogP contribution in [0.5, 0.6) is 5.75 Å². The van der Waals surface area contributed by atoms with E-state index in [1.165, 1.54) is 42.1 Å². The molecular weight excluding hydrogens is 546 g/mol. The smallest absolute Gasteiger partial charge is 0.339 e. The molecule has 1 fully saturated rings. The predicted octanol–water partition coefficient (Wildman–Crippen LogP) is 5.02. The van der Waals surface area contributed by atoms with Crippen LogP contribution in [0.25, 0.3) is 6.08 Å². The first kappa shape index (κ1) is 23.7. The minimum absolute atomic E-state index is 0.0228. The second kappa shape index (κ2) is 9.79. The summed E-state index contributed by atoms with van der Waals surface area (Å²) in [5, 5.41) is 14.0. The molecule has 0 unspecified atom stereocenters. The highest BCUT2D eigenvalue weighted by Crippen LogP contribution is 2.29.